The predicted octanol–water partition coefficient (Wildman–Crippen LogP) is 3.41. The van der Waals surface area contributed by atoms with E-state index < -0.39 is 0 Å². The Morgan fingerprint density at radius 1 is 1.12 bits per heavy atom. The molecule has 1 saturated carbocycles. The molecule has 5 nitrogen and oxygen atoms in total. The number of amidine groups is 1. The van der Waals surface area contributed by atoms with Crippen molar-refractivity contribution in [1.29, 1.82) is 0 Å². The van der Waals surface area contributed by atoms with Crippen LogP contribution in [0.5, 0.6) is 0 Å². The molecular formula is C21H27N5. The van der Waals surface area contributed by atoms with Gasteiger partial charge in [-0.25, -0.2) is 9.98 Å². The van der Waals surface area contributed by atoms with E-state index >= 15 is 0 Å². The molecule has 1 unspecified atom stereocenters. The van der Waals surface area contributed by atoms with E-state index in [0.29, 0.717) is 0 Å². The maximum atomic E-state index is 5.11. The molecule has 0 radical (unpaired) electrons. The number of aliphatic imine (C=N–C) groups is 2. The van der Waals surface area contributed by atoms with E-state index in [1.54, 1.807) is 0 Å². The normalized spacial score (nSPS) is 26.5. The number of guanidine groups is 1. The van der Waals surface area contributed by atoms with Crippen LogP contribution in [-0.2, 0) is 6.54 Å². The molecule has 26 heavy (non-hydrogen) atoms. The van der Waals surface area contributed by atoms with Crippen molar-refractivity contribution in [3.8, 4) is 0 Å². The standard InChI is InChI=1S/C21H27N5/c1-16-23-19-18(25(16)13-17-9-5-3-6-10-17)14-24(2)20-22-15-21(26(19)20)11-7-4-8-12-21/h3,5-6,9-10,14,16H,4,7-8,11-13,15H2,1-2H3. The summed E-state index contributed by atoms with van der Waals surface area (Å²) in [7, 11) is 2.13. The van der Waals surface area contributed by atoms with Crippen LogP contribution in [0.4, 0.5) is 0 Å². The third-order valence-corrected chi connectivity index (χ3v) is 6.31. The smallest absolute Gasteiger partial charge is 0.206 e. The second-order valence-electron chi connectivity index (χ2n) is 8.06. The minimum atomic E-state index is 0.155. The van der Waals surface area contributed by atoms with Crippen molar-refractivity contribution in [2.24, 2.45) is 9.98 Å². The van der Waals surface area contributed by atoms with E-state index in [0.717, 1.165) is 24.9 Å². The van der Waals surface area contributed by atoms with Gasteiger partial charge in [-0.15, -0.1) is 0 Å². The van der Waals surface area contributed by atoms with Crippen LogP contribution in [0.2, 0.25) is 0 Å². The predicted molar refractivity (Wildman–Crippen MR) is 105 cm³/mol. The lowest BCUT2D eigenvalue weighted by atomic mass is 9.80. The largest absolute Gasteiger partial charge is 0.341 e. The Kier molecular flexibility index (Phi) is 3.59. The number of benzene rings is 1. The van der Waals surface area contributed by atoms with Crippen molar-refractivity contribution in [2.45, 2.75) is 57.3 Å². The summed E-state index contributed by atoms with van der Waals surface area (Å²) >= 11 is 0. The molecule has 0 N–H and O–H groups in total. The van der Waals surface area contributed by atoms with E-state index in [1.807, 2.05) is 0 Å². The lowest BCUT2D eigenvalue weighted by Gasteiger charge is -2.45. The van der Waals surface area contributed by atoms with Crippen molar-refractivity contribution in [3.63, 3.8) is 0 Å². The number of fused-ring (bicyclic) bond motifs is 4. The van der Waals surface area contributed by atoms with Crippen LogP contribution in [0.1, 0.15) is 44.6 Å². The van der Waals surface area contributed by atoms with E-state index in [2.05, 4.69) is 65.2 Å². The fourth-order valence-corrected chi connectivity index (χ4v) is 4.94. The molecule has 3 heterocycles. The van der Waals surface area contributed by atoms with Gasteiger partial charge in [0.2, 0.25) is 5.96 Å². The van der Waals surface area contributed by atoms with Gasteiger partial charge in [-0.1, -0.05) is 49.6 Å². The summed E-state index contributed by atoms with van der Waals surface area (Å²) in [6.45, 7) is 4.01. The fourth-order valence-electron chi connectivity index (χ4n) is 4.94. The van der Waals surface area contributed by atoms with Gasteiger partial charge in [-0.2, -0.15) is 0 Å². The van der Waals surface area contributed by atoms with Crippen LogP contribution in [0.15, 0.2) is 52.2 Å². The zero-order chi connectivity index (χ0) is 17.7. The van der Waals surface area contributed by atoms with Crippen molar-refractivity contribution in [3.05, 3.63) is 47.8 Å². The summed E-state index contributed by atoms with van der Waals surface area (Å²) in [5, 5.41) is 0. The first-order chi connectivity index (χ1) is 12.7. The molecule has 3 aliphatic heterocycles. The highest BCUT2D eigenvalue weighted by Crippen LogP contribution is 2.42. The van der Waals surface area contributed by atoms with Crippen molar-refractivity contribution in [2.75, 3.05) is 13.6 Å². The van der Waals surface area contributed by atoms with Gasteiger partial charge in [-0.05, 0) is 25.3 Å². The van der Waals surface area contributed by atoms with E-state index in [-0.39, 0.29) is 11.7 Å². The second-order valence-corrected chi connectivity index (χ2v) is 8.06. The van der Waals surface area contributed by atoms with Gasteiger partial charge in [0.25, 0.3) is 0 Å². The highest BCUT2D eigenvalue weighted by Gasteiger charge is 2.51. The van der Waals surface area contributed by atoms with Gasteiger partial charge in [0.1, 0.15) is 6.17 Å². The Bertz CT molecular complexity index is 788. The monoisotopic (exact) mass is 349 g/mol. The molecule has 5 heteroatoms. The van der Waals surface area contributed by atoms with Crippen molar-refractivity contribution >= 4 is 11.8 Å². The maximum absolute atomic E-state index is 5.11. The van der Waals surface area contributed by atoms with E-state index in [1.165, 1.54) is 43.4 Å². The van der Waals surface area contributed by atoms with Gasteiger partial charge in [0, 0.05) is 19.8 Å². The van der Waals surface area contributed by atoms with Crippen LogP contribution in [0.3, 0.4) is 0 Å². The molecule has 0 saturated heterocycles. The maximum Gasteiger partial charge on any atom is 0.206 e. The summed E-state index contributed by atoms with van der Waals surface area (Å²) in [6, 6.07) is 10.7. The van der Waals surface area contributed by atoms with Gasteiger partial charge >= 0.3 is 0 Å². The summed E-state index contributed by atoms with van der Waals surface area (Å²) in [4.78, 5) is 17.2. The zero-order valence-electron chi connectivity index (χ0n) is 15.7. The molecule has 0 aromatic heterocycles. The average Bonchev–Trinajstić information content (AvgIpc) is 3.16. The van der Waals surface area contributed by atoms with Crippen LogP contribution in [-0.4, -0.2) is 51.8 Å². The number of nitrogens with zero attached hydrogens (tertiary/aromatic N) is 5. The SMILES string of the molecule is CC1N=C2C(=CN(C)C3=NCC4(CCCCC4)N23)N1Cc1ccccc1. The molecule has 0 amide bonds. The summed E-state index contributed by atoms with van der Waals surface area (Å²) in [5.74, 6) is 2.23. The highest BCUT2D eigenvalue weighted by molar-refractivity contribution is 6.13. The molecule has 136 valence electrons. The summed E-state index contributed by atoms with van der Waals surface area (Å²) in [6.07, 6.45) is 8.80. The Labute approximate surface area is 155 Å². The number of hydrogen-bond acceptors (Lipinski definition) is 5. The molecule has 5 rings (SSSR count). The van der Waals surface area contributed by atoms with Crippen molar-refractivity contribution < 1.29 is 0 Å². The molecule has 1 spiro atoms. The Morgan fingerprint density at radius 2 is 1.88 bits per heavy atom. The van der Waals surface area contributed by atoms with E-state index in [9.17, 15) is 0 Å². The molecule has 4 aliphatic rings. The molecule has 1 aromatic rings. The lowest BCUT2D eigenvalue weighted by molar-refractivity contribution is 0.192. The van der Waals surface area contributed by atoms with Gasteiger partial charge in [0.05, 0.1) is 17.8 Å². The topological polar surface area (TPSA) is 34.4 Å². The molecule has 1 atom stereocenters. The minimum Gasteiger partial charge on any atom is -0.341 e. The van der Waals surface area contributed by atoms with Crippen LogP contribution in [0.25, 0.3) is 0 Å². The van der Waals surface area contributed by atoms with Crippen LogP contribution >= 0.6 is 0 Å². The molecule has 0 bridgehead atoms. The highest BCUT2D eigenvalue weighted by atomic mass is 15.5. The van der Waals surface area contributed by atoms with Crippen molar-refractivity contribution in [1.82, 2.24) is 14.7 Å². The third-order valence-electron chi connectivity index (χ3n) is 6.31. The molecular weight excluding hydrogens is 322 g/mol. The Hall–Kier alpha value is -2.30. The quantitative estimate of drug-likeness (QED) is 0.821. The third kappa shape index (κ3) is 2.29. The van der Waals surface area contributed by atoms with E-state index in [4.69, 9.17) is 9.98 Å². The first-order valence-electron chi connectivity index (χ1n) is 9.86. The molecule has 1 aliphatic carbocycles. The van der Waals surface area contributed by atoms with Gasteiger partial charge < -0.3 is 9.80 Å². The van der Waals surface area contributed by atoms with Gasteiger partial charge in [0.15, 0.2) is 5.84 Å². The Morgan fingerprint density at radius 3 is 2.65 bits per heavy atom. The second kappa shape index (κ2) is 5.86. The first-order valence-corrected chi connectivity index (χ1v) is 9.86. The molecule has 1 aromatic carbocycles. The van der Waals surface area contributed by atoms with Crippen LogP contribution < -0.4 is 0 Å². The minimum absolute atomic E-state index is 0.155. The molecule has 1 fully saturated rings. The van der Waals surface area contributed by atoms with Crippen LogP contribution in [0, 0.1) is 0 Å². The average molecular weight is 349 g/mol. The number of hydrogen-bond donors (Lipinski definition) is 0. The summed E-state index contributed by atoms with van der Waals surface area (Å²) < 4.78 is 0. The number of rotatable bonds is 2. The lowest BCUT2D eigenvalue weighted by Crippen LogP contribution is -2.58. The first kappa shape index (κ1) is 15.9. The zero-order valence-corrected chi connectivity index (χ0v) is 15.7. The summed E-state index contributed by atoms with van der Waals surface area (Å²) in [5.41, 5.74) is 2.73. The Balaban J connectivity index is 1.50. The fraction of sp³-hybridized carbons (Fsp3) is 0.524. The van der Waals surface area contributed by atoms with Gasteiger partial charge in [-0.3, -0.25) is 4.90 Å².